The first-order chi connectivity index (χ1) is 10.1. The molecule has 112 valence electrons. The maximum Gasteiger partial charge on any atom is 0.415 e. The highest BCUT2D eigenvalue weighted by molar-refractivity contribution is 5.88. The molecule has 0 radical (unpaired) electrons. The zero-order valence-electron chi connectivity index (χ0n) is 12.1. The van der Waals surface area contributed by atoms with E-state index in [9.17, 15) is 9.59 Å². The van der Waals surface area contributed by atoms with Crippen LogP contribution < -0.4 is 4.90 Å². The molecule has 2 amide bonds. The molecule has 2 aliphatic heterocycles. The topological polar surface area (TPSA) is 62.7 Å². The Kier molecular flexibility index (Phi) is 3.77. The average molecular weight is 289 g/mol. The van der Waals surface area contributed by atoms with E-state index in [-0.39, 0.29) is 12.0 Å². The van der Waals surface area contributed by atoms with Crippen LogP contribution in [0.1, 0.15) is 31.2 Å². The van der Waals surface area contributed by atoms with Gasteiger partial charge in [0, 0.05) is 26.2 Å². The van der Waals surface area contributed by atoms with Gasteiger partial charge in [-0.2, -0.15) is 0 Å². The minimum absolute atomic E-state index is 0.142. The van der Waals surface area contributed by atoms with E-state index in [0.717, 1.165) is 25.9 Å². The minimum Gasteiger partial charge on any atom is -0.447 e. The third-order valence-corrected chi connectivity index (χ3v) is 4.22. The molecule has 2 fully saturated rings. The van der Waals surface area contributed by atoms with E-state index in [2.05, 4.69) is 4.98 Å². The molecule has 0 spiro atoms. The van der Waals surface area contributed by atoms with Gasteiger partial charge in [-0.15, -0.1) is 0 Å². The quantitative estimate of drug-likeness (QED) is 0.832. The third-order valence-electron chi connectivity index (χ3n) is 4.22. The van der Waals surface area contributed by atoms with E-state index >= 15 is 0 Å². The lowest BCUT2D eigenvalue weighted by molar-refractivity contribution is -0.129. The number of anilines is 1. The minimum atomic E-state index is -0.328. The number of pyridine rings is 1. The van der Waals surface area contributed by atoms with Crippen molar-refractivity contribution >= 4 is 17.8 Å². The molecule has 0 saturated carbocycles. The highest BCUT2D eigenvalue weighted by Crippen LogP contribution is 2.30. The summed E-state index contributed by atoms with van der Waals surface area (Å²) in [7, 11) is 0. The fourth-order valence-electron chi connectivity index (χ4n) is 2.96. The van der Waals surface area contributed by atoms with Gasteiger partial charge in [0.1, 0.15) is 12.4 Å². The molecule has 1 aromatic rings. The van der Waals surface area contributed by atoms with E-state index < -0.39 is 0 Å². The summed E-state index contributed by atoms with van der Waals surface area (Å²) >= 11 is 0. The number of hydrogen-bond donors (Lipinski definition) is 0. The van der Waals surface area contributed by atoms with Crippen LogP contribution in [0.4, 0.5) is 10.6 Å². The molecule has 0 aliphatic carbocycles. The largest absolute Gasteiger partial charge is 0.447 e. The van der Waals surface area contributed by atoms with Crippen LogP contribution in [-0.2, 0) is 9.53 Å². The smallest absolute Gasteiger partial charge is 0.415 e. The fraction of sp³-hybridized carbons (Fsp3) is 0.533. The standard InChI is InChI=1S/C15H19N3O3/c1-11(19)17-6-3-12(4-7-17)13-2-5-16-14(10-13)18-8-9-21-15(18)20/h2,5,10,12H,3-4,6-9H2,1H3. The molecular formula is C15H19N3O3. The number of aromatic nitrogens is 1. The van der Waals surface area contributed by atoms with Crippen molar-refractivity contribution < 1.29 is 14.3 Å². The molecule has 0 unspecified atom stereocenters. The lowest BCUT2D eigenvalue weighted by Crippen LogP contribution is -2.36. The lowest BCUT2D eigenvalue weighted by atomic mass is 9.90. The number of ether oxygens (including phenoxy) is 1. The van der Waals surface area contributed by atoms with E-state index in [1.165, 1.54) is 5.56 Å². The SMILES string of the molecule is CC(=O)N1CCC(c2ccnc(N3CCOC3=O)c2)CC1. The Balaban J connectivity index is 1.72. The maximum absolute atomic E-state index is 11.6. The predicted molar refractivity (Wildman–Crippen MR) is 77.2 cm³/mol. The Morgan fingerprint density at radius 3 is 2.71 bits per heavy atom. The van der Waals surface area contributed by atoms with Crippen molar-refractivity contribution in [2.75, 3.05) is 31.1 Å². The van der Waals surface area contributed by atoms with Gasteiger partial charge in [-0.05, 0) is 36.5 Å². The number of amides is 2. The fourth-order valence-corrected chi connectivity index (χ4v) is 2.96. The number of rotatable bonds is 2. The summed E-state index contributed by atoms with van der Waals surface area (Å²) in [5.74, 6) is 1.22. The zero-order valence-corrected chi connectivity index (χ0v) is 12.1. The number of likely N-dealkylation sites (tertiary alicyclic amines) is 1. The monoisotopic (exact) mass is 289 g/mol. The second-order valence-corrected chi connectivity index (χ2v) is 5.49. The number of cyclic esters (lactones) is 1. The number of piperidine rings is 1. The van der Waals surface area contributed by atoms with Gasteiger partial charge in [-0.1, -0.05) is 0 Å². The van der Waals surface area contributed by atoms with Crippen molar-refractivity contribution in [2.45, 2.75) is 25.7 Å². The molecule has 0 N–H and O–H groups in total. The highest BCUT2D eigenvalue weighted by Gasteiger charge is 2.26. The van der Waals surface area contributed by atoms with Crippen LogP contribution >= 0.6 is 0 Å². The molecule has 0 bridgehead atoms. The Bertz CT molecular complexity index is 553. The van der Waals surface area contributed by atoms with Crippen LogP contribution in [0.3, 0.4) is 0 Å². The molecule has 21 heavy (non-hydrogen) atoms. The van der Waals surface area contributed by atoms with Gasteiger partial charge in [-0.25, -0.2) is 9.78 Å². The molecule has 3 heterocycles. The molecule has 3 rings (SSSR count). The summed E-state index contributed by atoms with van der Waals surface area (Å²) in [6, 6.07) is 3.97. The van der Waals surface area contributed by atoms with Crippen molar-refractivity contribution in [1.82, 2.24) is 9.88 Å². The van der Waals surface area contributed by atoms with Crippen molar-refractivity contribution in [3.8, 4) is 0 Å². The Morgan fingerprint density at radius 1 is 1.33 bits per heavy atom. The number of hydrogen-bond acceptors (Lipinski definition) is 4. The van der Waals surface area contributed by atoms with Gasteiger partial charge in [0.25, 0.3) is 0 Å². The molecule has 6 heteroatoms. The van der Waals surface area contributed by atoms with E-state index in [4.69, 9.17) is 4.74 Å². The summed E-state index contributed by atoms with van der Waals surface area (Å²) in [6.07, 6.45) is 3.32. The first-order valence-electron chi connectivity index (χ1n) is 7.31. The number of carbonyl (C=O) groups is 2. The highest BCUT2D eigenvalue weighted by atomic mass is 16.6. The second-order valence-electron chi connectivity index (χ2n) is 5.49. The van der Waals surface area contributed by atoms with Gasteiger partial charge in [-0.3, -0.25) is 9.69 Å². The molecule has 0 atom stereocenters. The van der Waals surface area contributed by atoms with Crippen LogP contribution in [0.2, 0.25) is 0 Å². The van der Waals surface area contributed by atoms with Gasteiger partial charge >= 0.3 is 6.09 Å². The van der Waals surface area contributed by atoms with Gasteiger partial charge in [0.15, 0.2) is 0 Å². The third kappa shape index (κ3) is 2.84. The van der Waals surface area contributed by atoms with Crippen LogP contribution in [-0.4, -0.2) is 48.1 Å². The molecule has 0 aromatic carbocycles. The molecule has 2 saturated heterocycles. The zero-order chi connectivity index (χ0) is 14.8. The van der Waals surface area contributed by atoms with Crippen LogP contribution in [0.5, 0.6) is 0 Å². The average Bonchev–Trinajstić information content (AvgIpc) is 2.94. The number of carbonyl (C=O) groups excluding carboxylic acids is 2. The predicted octanol–water partition coefficient (Wildman–Crippen LogP) is 1.76. The van der Waals surface area contributed by atoms with Crippen LogP contribution in [0.25, 0.3) is 0 Å². The van der Waals surface area contributed by atoms with E-state index in [0.29, 0.717) is 24.9 Å². The Morgan fingerprint density at radius 2 is 2.10 bits per heavy atom. The van der Waals surface area contributed by atoms with E-state index in [1.807, 2.05) is 17.0 Å². The number of nitrogens with zero attached hydrogens (tertiary/aromatic N) is 3. The van der Waals surface area contributed by atoms with Crippen molar-refractivity contribution in [1.29, 1.82) is 0 Å². The van der Waals surface area contributed by atoms with Crippen molar-refractivity contribution in [3.63, 3.8) is 0 Å². The summed E-state index contributed by atoms with van der Waals surface area (Å²) in [5.41, 5.74) is 1.18. The first-order valence-corrected chi connectivity index (χ1v) is 7.31. The summed E-state index contributed by atoms with van der Waals surface area (Å²) in [4.78, 5) is 30.7. The van der Waals surface area contributed by atoms with Gasteiger partial charge < -0.3 is 9.64 Å². The molecule has 2 aliphatic rings. The maximum atomic E-state index is 11.6. The normalized spacial score (nSPS) is 19.8. The first kappa shape index (κ1) is 13.9. The van der Waals surface area contributed by atoms with Crippen molar-refractivity contribution in [3.05, 3.63) is 23.9 Å². The van der Waals surface area contributed by atoms with Gasteiger partial charge in [0.2, 0.25) is 5.91 Å². The summed E-state index contributed by atoms with van der Waals surface area (Å²) in [6.45, 7) is 4.18. The molecular weight excluding hydrogens is 270 g/mol. The second kappa shape index (κ2) is 5.71. The van der Waals surface area contributed by atoms with E-state index in [1.54, 1.807) is 18.0 Å². The lowest BCUT2D eigenvalue weighted by Gasteiger charge is -2.31. The van der Waals surface area contributed by atoms with Crippen LogP contribution in [0.15, 0.2) is 18.3 Å². The summed E-state index contributed by atoms with van der Waals surface area (Å²) < 4.78 is 4.95. The molecule has 6 nitrogen and oxygen atoms in total. The summed E-state index contributed by atoms with van der Waals surface area (Å²) in [5, 5.41) is 0. The Hall–Kier alpha value is -2.11. The molecule has 1 aromatic heterocycles. The van der Waals surface area contributed by atoms with Crippen molar-refractivity contribution in [2.24, 2.45) is 0 Å². The van der Waals surface area contributed by atoms with Crippen LogP contribution in [0, 0.1) is 0 Å². The van der Waals surface area contributed by atoms with Gasteiger partial charge in [0.05, 0.1) is 6.54 Å². The Labute approximate surface area is 123 Å².